The molecule has 0 radical (unpaired) electrons. The lowest BCUT2D eigenvalue weighted by atomic mass is 10.2. The highest BCUT2D eigenvalue weighted by atomic mass is 32.1. The molecule has 7 heteroatoms. The molecule has 1 amide bonds. The van der Waals surface area contributed by atoms with Crippen LogP contribution in [0.2, 0.25) is 0 Å². The Bertz CT molecular complexity index is 772. The molecule has 0 spiro atoms. The zero-order chi connectivity index (χ0) is 19.1. The second kappa shape index (κ2) is 9.45. The van der Waals surface area contributed by atoms with Crippen LogP contribution in [0.4, 0.5) is 5.69 Å². The third-order valence-corrected chi connectivity index (χ3v) is 4.51. The normalized spacial score (nSPS) is 14.4. The van der Waals surface area contributed by atoms with Crippen LogP contribution in [0.5, 0.6) is 5.75 Å². The molecule has 2 aromatic carbocycles. The molecule has 6 nitrogen and oxygen atoms in total. The Morgan fingerprint density at radius 2 is 1.78 bits per heavy atom. The molecule has 2 aromatic rings. The van der Waals surface area contributed by atoms with Gasteiger partial charge in [0, 0.05) is 30.9 Å². The lowest BCUT2D eigenvalue weighted by molar-refractivity contribution is 0.0342. The number of hydrogen-bond acceptors (Lipinski definition) is 5. The van der Waals surface area contributed by atoms with Crippen LogP contribution in [-0.4, -0.2) is 49.3 Å². The van der Waals surface area contributed by atoms with Crippen molar-refractivity contribution in [3.8, 4) is 5.75 Å². The fourth-order valence-electron chi connectivity index (χ4n) is 2.79. The topological polar surface area (TPSA) is 62.8 Å². The number of thiocarbonyl (C=S) groups is 1. The highest BCUT2D eigenvalue weighted by Crippen LogP contribution is 2.13. The van der Waals surface area contributed by atoms with Gasteiger partial charge in [-0.2, -0.15) is 0 Å². The van der Waals surface area contributed by atoms with E-state index in [0.29, 0.717) is 11.3 Å². The molecule has 0 saturated carbocycles. The number of nitrogens with one attached hydrogen (secondary N) is 2. The van der Waals surface area contributed by atoms with E-state index in [-0.39, 0.29) is 11.0 Å². The first-order valence-corrected chi connectivity index (χ1v) is 9.20. The second-order valence-corrected chi connectivity index (χ2v) is 6.63. The molecule has 142 valence electrons. The Kier molecular flexibility index (Phi) is 6.75. The molecule has 0 aromatic heterocycles. The number of carbonyl (C=O) groups excluding carboxylic acids is 1. The molecular formula is C20H23N3O3S. The van der Waals surface area contributed by atoms with Crippen LogP contribution in [0.15, 0.2) is 48.5 Å². The standard InChI is InChI=1S/C20H23N3O3S/c1-25-18-8-4-16(5-9-18)19(24)22-20(27)21-17-6-2-15(3-7-17)14-23-10-12-26-13-11-23/h2-9H,10-14H2,1H3,(H2,21,22,24,27). The van der Waals surface area contributed by atoms with E-state index < -0.39 is 0 Å². The number of morpholine rings is 1. The minimum absolute atomic E-state index is 0.261. The molecular weight excluding hydrogens is 362 g/mol. The summed E-state index contributed by atoms with van der Waals surface area (Å²) >= 11 is 5.23. The number of carbonyl (C=O) groups is 1. The summed E-state index contributed by atoms with van der Waals surface area (Å²) in [5.74, 6) is 0.434. The number of rotatable bonds is 5. The SMILES string of the molecule is COc1ccc(C(=O)NC(=S)Nc2ccc(CN3CCOCC3)cc2)cc1. The van der Waals surface area contributed by atoms with Crippen LogP contribution in [0, 0.1) is 0 Å². The minimum atomic E-state index is -0.265. The first-order chi connectivity index (χ1) is 13.1. The van der Waals surface area contributed by atoms with Gasteiger partial charge in [-0.25, -0.2) is 0 Å². The predicted molar refractivity (Wildman–Crippen MR) is 109 cm³/mol. The minimum Gasteiger partial charge on any atom is -0.497 e. The van der Waals surface area contributed by atoms with Crippen molar-refractivity contribution in [3.05, 3.63) is 59.7 Å². The maximum atomic E-state index is 12.2. The van der Waals surface area contributed by atoms with E-state index in [4.69, 9.17) is 21.7 Å². The third-order valence-electron chi connectivity index (χ3n) is 4.30. The average Bonchev–Trinajstić information content (AvgIpc) is 2.70. The van der Waals surface area contributed by atoms with Gasteiger partial charge in [-0.15, -0.1) is 0 Å². The summed E-state index contributed by atoms with van der Waals surface area (Å²) in [6.45, 7) is 4.41. The first kappa shape index (κ1) is 19.3. The fourth-order valence-corrected chi connectivity index (χ4v) is 3.00. The van der Waals surface area contributed by atoms with E-state index >= 15 is 0 Å². The number of amides is 1. The number of anilines is 1. The molecule has 0 aliphatic carbocycles. The largest absolute Gasteiger partial charge is 0.497 e. The Balaban J connectivity index is 1.50. The van der Waals surface area contributed by atoms with Gasteiger partial charge in [0.15, 0.2) is 5.11 Å². The Hall–Kier alpha value is -2.48. The summed E-state index contributed by atoms with van der Waals surface area (Å²) in [5.41, 5.74) is 2.58. The van der Waals surface area contributed by atoms with E-state index in [0.717, 1.165) is 38.5 Å². The molecule has 1 saturated heterocycles. The quantitative estimate of drug-likeness (QED) is 0.772. The van der Waals surface area contributed by atoms with Crippen LogP contribution in [0.3, 0.4) is 0 Å². The van der Waals surface area contributed by atoms with Crippen molar-refractivity contribution in [2.75, 3.05) is 38.7 Å². The van der Waals surface area contributed by atoms with Crippen LogP contribution in [0.1, 0.15) is 15.9 Å². The molecule has 0 bridgehead atoms. The molecule has 3 rings (SSSR count). The average molecular weight is 385 g/mol. The Labute approximate surface area is 164 Å². The van der Waals surface area contributed by atoms with E-state index in [2.05, 4.69) is 27.7 Å². The summed E-state index contributed by atoms with van der Waals surface area (Å²) in [6.07, 6.45) is 0. The van der Waals surface area contributed by atoms with Crippen LogP contribution < -0.4 is 15.4 Å². The van der Waals surface area contributed by atoms with Crippen LogP contribution in [-0.2, 0) is 11.3 Å². The molecule has 0 atom stereocenters. The van der Waals surface area contributed by atoms with Crippen molar-refractivity contribution in [1.29, 1.82) is 0 Å². The lowest BCUT2D eigenvalue weighted by Gasteiger charge is -2.26. The van der Waals surface area contributed by atoms with Crippen LogP contribution in [0.25, 0.3) is 0 Å². The van der Waals surface area contributed by atoms with Gasteiger partial charge in [-0.1, -0.05) is 12.1 Å². The zero-order valence-electron chi connectivity index (χ0n) is 15.2. The van der Waals surface area contributed by atoms with Gasteiger partial charge in [-0.05, 0) is 54.2 Å². The van der Waals surface area contributed by atoms with Crippen molar-refractivity contribution in [3.63, 3.8) is 0 Å². The maximum Gasteiger partial charge on any atom is 0.257 e. The highest BCUT2D eigenvalue weighted by molar-refractivity contribution is 7.80. The summed E-state index contributed by atoms with van der Waals surface area (Å²) in [5, 5.41) is 5.98. The molecule has 1 aliphatic rings. The van der Waals surface area contributed by atoms with Crippen molar-refractivity contribution in [2.24, 2.45) is 0 Å². The van der Waals surface area contributed by atoms with E-state index in [1.165, 1.54) is 5.56 Å². The van der Waals surface area contributed by atoms with Gasteiger partial charge in [0.05, 0.1) is 20.3 Å². The molecule has 0 unspecified atom stereocenters. The van der Waals surface area contributed by atoms with Crippen molar-refractivity contribution >= 4 is 28.9 Å². The number of benzene rings is 2. The summed E-state index contributed by atoms with van der Waals surface area (Å²) in [4.78, 5) is 14.6. The molecule has 1 fully saturated rings. The lowest BCUT2D eigenvalue weighted by Crippen LogP contribution is -2.35. The summed E-state index contributed by atoms with van der Waals surface area (Å²) in [6, 6.07) is 14.9. The molecule has 2 N–H and O–H groups in total. The van der Waals surface area contributed by atoms with Gasteiger partial charge in [0.1, 0.15) is 5.75 Å². The smallest absolute Gasteiger partial charge is 0.257 e. The molecule has 1 heterocycles. The number of ether oxygens (including phenoxy) is 2. The Morgan fingerprint density at radius 1 is 1.11 bits per heavy atom. The number of hydrogen-bond donors (Lipinski definition) is 2. The van der Waals surface area contributed by atoms with Gasteiger partial charge < -0.3 is 14.8 Å². The predicted octanol–water partition coefficient (Wildman–Crippen LogP) is 2.65. The monoisotopic (exact) mass is 385 g/mol. The number of methoxy groups -OCH3 is 1. The molecule has 27 heavy (non-hydrogen) atoms. The van der Waals surface area contributed by atoms with Gasteiger partial charge >= 0.3 is 0 Å². The maximum absolute atomic E-state index is 12.2. The van der Waals surface area contributed by atoms with Crippen molar-refractivity contribution < 1.29 is 14.3 Å². The summed E-state index contributed by atoms with van der Waals surface area (Å²) < 4.78 is 10.5. The van der Waals surface area contributed by atoms with E-state index in [9.17, 15) is 4.79 Å². The van der Waals surface area contributed by atoms with Crippen molar-refractivity contribution in [2.45, 2.75) is 6.54 Å². The van der Waals surface area contributed by atoms with Crippen molar-refractivity contribution in [1.82, 2.24) is 10.2 Å². The van der Waals surface area contributed by atoms with E-state index in [1.807, 2.05) is 12.1 Å². The van der Waals surface area contributed by atoms with E-state index in [1.54, 1.807) is 31.4 Å². The molecule has 1 aliphatic heterocycles. The van der Waals surface area contributed by atoms with Gasteiger partial charge in [0.2, 0.25) is 0 Å². The van der Waals surface area contributed by atoms with Crippen LogP contribution >= 0.6 is 12.2 Å². The van der Waals surface area contributed by atoms with Gasteiger partial charge in [-0.3, -0.25) is 15.0 Å². The Morgan fingerprint density at radius 3 is 2.41 bits per heavy atom. The van der Waals surface area contributed by atoms with Gasteiger partial charge in [0.25, 0.3) is 5.91 Å². The highest BCUT2D eigenvalue weighted by Gasteiger charge is 2.11. The second-order valence-electron chi connectivity index (χ2n) is 6.22. The summed E-state index contributed by atoms with van der Waals surface area (Å²) in [7, 11) is 1.58. The zero-order valence-corrected chi connectivity index (χ0v) is 16.1. The fraction of sp³-hybridized carbons (Fsp3) is 0.300. The third kappa shape index (κ3) is 5.75. The first-order valence-electron chi connectivity index (χ1n) is 8.79. The number of nitrogens with zero attached hydrogens (tertiary/aromatic N) is 1.